The van der Waals surface area contributed by atoms with Crippen LogP contribution in [-0.2, 0) is 14.1 Å². The van der Waals surface area contributed by atoms with E-state index in [4.69, 9.17) is 0 Å². The van der Waals surface area contributed by atoms with Crippen LogP contribution in [0.2, 0.25) is 0 Å². The minimum Gasteiger partial charge on any atom is -0.201 e. The number of rotatable bonds is 3. The number of hydrogen-bond donors (Lipinski definition) is 0. The third kappa shape index (κ3) is 2.41. The van der Waals surface area contributed by atoms with E-state index in [1.165, 1.54) is 6.07 Å². The summed E-state index contributed by atoms with van der Waals surface area (Å²) in [4.78, 5) is 1.45. The van der Waals surface area contributed by atoms with Gasteiger partial charge >= 0.3 is 0 Å². The molecule has 0 heterocycles. The van der Waals surface area contributed by atoms with Crippen molar-refractivity contribution in [2.45, 2.75) is 14.7 Å². The fraction of sp³-hybridized carbons (Fsp3) is 0. The van der Waals surface area contributed by atoms with Crippen molar-refractivity contribution in [3.05, 3.63) is 90.7 Å². The third-order valence-corrected chi connectivity index (χ3v) is 6.12. The molecule has 0 radical (unpaired) electrons. The van der Waals surface area contributed by atoms with Crippen molar-refractivity contribution >= 4 is 9.93 Å². The topological polar surface area (TPSA) is 17.1 Å². The Morgan fingerprint density at radius 2 is 1.05 bits per heavy atom. The average Bonchev–Trinajstić information content (AvgIpc) is 2.56. The molecule has 0 amide bonds. The number of halogens is 1. The molecule has 0 N–H and O–H groups in total. The Morgan fingerprint density at radius 3 is 1.52 bits per heavy atom. The largest absolute Gasteiger partial charge is 0.204 e. The second-order valence-corrected chi connectivity index (χ2v) is 7.11. The first-order valence-corrected chi connectivity index (χ1v) is 8.17. The predicted molar refractivity (Wildman–Crippen MR) is 82.1 cm³/mol. The Labute approximate surface area is 124 Å². The van der Waals surface area contributed by atoms with Gasteiger partial charge in [-0.3, -0.25) is 0 Å². The van der Waals surface area contributed by atoms with E-state index < -0.39 is 15.7 Å². The van der Waals surface area contributed by atoms with Crippen molar-refractivity contribution in [3.8, 4) is 0 Å². The fourth-order valence-corrected chi connectivity index (χ4v) is 4.77. The van der Waals surface area contributed by atoms with Gasteiger partial charge in [0.1, 0.15) is 0 Å². The molecular weight excluding hydrogens is 283 g/mol. The van der Waals surface area contributed by atoms with Crippen LogP contribution in [0.3, 0.4) is 0 Å². The highest BCUT2D eigenvalue weighted by Crippen LogP contribution is 2.37. The molecule has 3 aromatic carbocycles. The summed E-state index contributed by atoms with van der Waals surface area (Å²) in [6.07, 6.45) is 0. The van der Waals surface area contributed by atoms with Gasteiger partial charge in [0.15, 0.2) is 25.5 Å². The summed E-state index contributed by atoms with van der Waals surface area (Å²) in [5, 5.41) is 0. The van der Waals surface area contributed by atoms with Crippen LogP contribution in [0, 0.1) is 5.82 Å². The lowest BCUT2D eigenvalue weighted by molar-refractivity contribution is 0.565. The molecule has 0 aliphatic carbocycles. The highest BCUT2D eigenvalue weighted by molar-refractivity contribution is 8.03. The van der Waals surface area contributed by atoms with Crippen LogP contribution in [0.25, 0.3) is 0 Å². The molecule has 104 valence electrons. The zero-order valence-electron chi connectivity index (χ0n) is 11.3. The van der Waals surface area contributed by atoms with Crippen LogP contribution in [0.1, 0.15) is 0 Å². The second kappa shape index (κ2) is 5.62. The summed E-state index contributed by atoms with van der Waals surface area (Å²) in [5.74, 6) is -0.449. The van der Waals surface area contributed by atoms with Crippen LogP contribution in [-0.4, -0.2) is 0 Å². The summed E-state index contributed by atoms with van der Waals surface area (Å²) in [6, 6.07) is 24.4. The van der Waals surface area contributed by atoms with Gasteiger partial charge in [-0.25, -0.2) is 4.39 Å². The van der Waals surface area contributed by atoms with Crippen molar-refractivity contribution in [2.24, 2.45) is 0 Å². The quantitative estimate of drug-likeness (QED) is 0.634. The van der Waals surface area contributed by atoms with Gasteiger partial charge in [-0.2, -0.15) is 0 Å². The van der Waals surface area contributed by atoms with E-state index in [1.54, 1.807) is 42.5 Å². The molecular formula is C18H14FOS+. The molecule has 3 heteroatoms. The lowest BCUT2D eigenvalue weighted by Crippen LogP contribution is -2.14. The Bertz CT molecular complexity index is 741. The van der Waals surface area contributed by atoms with Gasteiger partial charge in [0.25, 0.3) is 0 Å². The van der Waals surface area contributed by atoms with E-state index >= 15 is 0 Å². The highest BCUT2D eigenvalue weighted by Gasteiger charge is 2.39. The molecule has 1 nitrogen and oxygen atoms in total. The smallest absolute Gasteiger partial charge is 0.201 e. The fourth-order valence-electron chi connectivity index (χ4n) is 2.29. The highest BCUT2D eigenvalue weighted by atomic mass is 32.2. The maximum Gasteiger partial charge on any atom is 0.204 e. The normalized spacial score (nSPS) is 11.3. The average molecular weight is 297 g/mol. The van der Waals surface area contributed by atoms with Crippen LogP contribution in [0.4, 0.5) is 4.39 Å². The molecule has 0 aromatic heterocycles. The predicted octanol–water partition coefficient (Wildman–Crippen LogP) is 4.80. The van der Waals surface area contributed by atoms with Crippen LogP contribution >= 0.6 is 0 Å². The minimum absolute atomic E-state index is 0.224. The SMILES string of the molecule is O=[S+](c1ccccc1)(c1ccccc1)c1ccccc1F. The Balaban J connectivity index is 2.32. The molecule has 0 aliphatic rings. The molecule has 3 rings (SSSR count). The first-order valence-electron chi connectivity index (χ1n) is 6.62. The van der Waals surface area contributed by atoms with Crippen molar-refractivity contribution in [1.29, 1.82) is 0 Å². The van der Waals surface area contributed by atoms with Crippen molar-refractivity contribution in [3.63, 3.8) is 0 Å². The monoisotopic (exact) mass is 297 g/mol. The first-order chi connectivity index (χ1) is 10.2. The van der Waals surface area contributed by atoms with E-state index in [-0.39, 0.29) is 4.90 Å². The summed E-state index contributed by atoms with van der Waals surface area (Å²) in [5.41, 5.74) is 0. The van der Waals surface area contributed by atoms with E-state index in [0.29, 0.717) is 9.79 Å². The van der Waals surface area contributed by atoms with Crippen molar-refractivity contribution < 1.29 is 8.60 Å². The van der Waals surface area contributed by atoms with E-state index in [9.17, 15) is 8.60 Å². The zero-order chi connectivity index (χ0) is 14.7. The van der Waals surface area contributed by atoms with Gasteiger partial charge < -0.3 is 0 Å². The van der Waals surface area contributed by atoms with Crippen molar-refractivity contribution in [2.75, 3.05) is 0 Å². The summed E-state index contributed by atoms with van der Waals surface area (Å²) >= 11 is 0. The lowest BCUT2D eigenvalue weighted by atomic mass is 10.3. The molecule has 0 bridgehead atoms. The zero-order valence-corrected chi connectivity index (χ0v) is 12.1. The second-order valence-electron chi connectivity index (χ2n) is 4.61. The standard InChI is InChI=1S/C18H14FOS/c19-17-13-7-8-14-18(17)21(20,15-9-3-1-4-10-15)16-11-5-2-6-12-16/h1-14H/q+1. The van der Waals surface area contributed by atoms with E-state index in [0.717, 1.165) is 0 Å². The van der Waals surface area contributed by atoms with Crippen LogP contribution < -0.4 is 0 Å². The molecule has 21 heavy (non-hydrogen) atoms. The molecule has 0 aliphatic heterocycles. The lowest BCUT2D eigenvalue weighted by Gasteiger charge is -2.12. The molecule has 0 atom stereocenters. The number of hydrogen-bond acceptors (Lipinski definition) is 1. The number of benzene rings is 3. The van der Waals surface area contributed by atoms with Crippen molar-refractivity contribution in [1.82, 2.24) is 0 Å². The van der Waals surface area contributed by atoms with Gasteiger partial charge in [-0.05, 0) is 36.4 Å². The van der Waals surface area contributed by atoms with Gasteiger partial charge in [0.05, 0.1) is 0 Å². The summed E-state index contributed by atoms with van der Waals surface area (Å²) in [6.45, 7) is 0. The summed E-state index contributed by atoms with van der Waals surface area (Å²) < 4.78 is 28.0. The van der Waals surface area contributed by atoms with E-state index in [2.05, 4.69) is 0 Å². The molecule has 0 saturated heterocycles. The molecule has 0 unspecified atom stereocenters. The van der Waals surface area contributed by atoms with E-state index in [1.807, 2.05) is 36.4 Å². The van der Waals surface area contributed by atoms with Gasteiger partial charge in [-0.1, -0.05) is 52.7 Å². The molecule has 0 saturated carbocycles. The van der Waals surface area contributed by atoms with Crippen LogP contribution in [0.5, 0.6) is 0 Å². The van der Waals surface area contributed by atoms with Gasteiger partial charge in [-0.15, -0.1) is 0 Å². The maximum atomic E-state index is 14.3. The Hall–Kier alpha value is -2.26. The molecule has 0 fully saturated rings. The first kappa shape index (κ1) is 13.7. The third-order valence-electron chi connectivity index (χ3n) is 3.30. The Morgan fingerprint density at radius 1 is 0.619 bits per heavy atom. The summed E-state index contributed by atoms with van der Waals surface area (Å²) in [7, 11) is -2.83. The maximum absolute atomic E-state index is 14.3. The van der Waals surface area contributed by atoms with Gasteiger partial charge in [0.2, 0.25) is 4.90 Å². The molecule has 0 spiro atoms. The van der Waals surface area contributed by atoms with Crippen LogP contribution in [0.15, 0.2) is 99.6 Å². The Kier molecular flexibility index (Phi) is 3.67. The van der Waals surface area contributed by atoms with Gasteiger partial charge in [0, 0.05) is 0 Å². The minimum atomic E-state index is -2.83. The molecule has 3 aromatic rings.